The lowest BCUT2D eigenvalue weighted by atomic mass is 10.0. The lowest BCUT2D eigenvalue weighted by molar-refractivity contribution is 0.0169. The van der Waals surface area contributed by atoms with Crippen LogP contribution in [0.2, 0.25) is 0 Å². The van der Waals surface area contributed by atoms with E-state index in [1.54, 1.807) is 12.1 Å². The molecule has 2 aliphatic rings. The van der Waals surface area contributed by atoms with Crippen LogP contribution < -0.4 is 10.6 Å². The number of benzene rings is 1. The number of piperidine rings is 1. The van der Waals surface area contributed by atoms with Gasteiger partial charge in [0.15, 0.2) is 5.96 Å². The second kappa shape index (κ2) is 13.4. The maximum absolute atomic E-state index is 13.4. The fourth-order valence-electron chi connectivity index (χ4n) is 4.23. The number of rotatable bonds is 7. The summed E-state index contributed by atoms with van der Waals surface area (Å²) in [5.74, 6) is 0.647. The lowest BCUT2D eigenvalue weighted by Gasteiger charge is -2.36. The van der Waals surface area contributed by atoms with Gasteiger partial charge in [0.2, 0.25) is 0 Å². The number of hydrogen-bond donors (Lipinski definition) is 2. The van der Waals surface area contributed by atoms with Crippen molar-refractivity contribution in [1.82, 2.24) is 20.4 Å². The number of halogens is 2. The van der Waals surface area contributed by atoms with Crippen LogP contribution in [0.25, 0.3) is 0 Å². The normalized spacial score (nSPS) is 20.4. The molecule has 170 valence electrons. The monoisotopic (exact) mass is 533 g/mol. The summed E-state index contributed by atoms with van der Waals surface area (Å²) in [6, 6.07) is 7.47. The van der Waals surface area contributed by atoms with Gasteiger partial charge >= 0.3 is 0 Å². The van der Waals surface area contributed by atoms with E-state index in [9.17, 15) is 4.39 Å². The zero-order valence-corrected chi connectivity index (χ0v) is 20.6. The first-order chi connectivity index (χ1) is 14.2. The predicted molar refractivity (Wildman–Crippen MR) is 131 cm³/mol. The Morgan fingerprint density at radius 3 is 2.43 bits per heavy atom. The van der Waals surface area contributed by atoms with Crippen molar-refractivity contribution in [2.45, 2.75) is 38.3 Å². The van der Waals surface area contributed by atoms with Crippen molar-refractivity contribution in [1.29, 1.82) is 0 Å². The summed E-state index contributed by atoms with van der Waals surface area (Å²) in [6.07, 6.45) is 3.50. The molecule has 2 heterocycles. The van der Waals surface area contributed by atoms with Gasteiger partial charge in [-0.3, -0.25) is 9.89 Å². The van der Waals surface area contributed by atoms with Gasteiger partial charge in [-0.25, -0.2) is 4.39 Å². The molecule has 0 radical (unpaired) electrons. The molecule has 2 fully saturated rings. The predicted octanol–water partition coefficient (Wildman–Crippen LogP) is 2.86. The van der Waals surface area contributed by atoms with E-state index in [-0.39, 0.29) is 35.8 Å². The molecule has 1 aromatic carbocycles. The number of hydrogen-bond acceptors (Lipinski definition) is 4. The third kappa shape index (κ3) is 7.62. The molecule has 0 aliphatic carbocycles. The number of guanidine groups is 1. The number of ether oxygens (including phenoxy) is 1. The molecule has 2 saturated heterocycles. The summed E-state index contributed by atoms with van der Waals surface area (Å²) in [4.78, 5) is 9.38. The molecule has 0 aromatic heterocycles. The molecule has 3 rings (SSSR count). The van der Waals surface area contributed by atoms with E-state index in [4.69, 9.17) is 4.74 Å². The summed E-state index contributed by atoms with van der Waals surface area (Å²) < 4.78 is 18.9. The van der Waals surface area contributed by atoms with Gasteiger partial charge in [-0.15, -0.1) is 24.0 Å². The van der Waals surface area contributed by atoms with E-state index in [1.807, 2.05) is 19.2 Å². The molecular formula is C22H37FIN5O. The van der Waals surface area contributed by atoms with Crippen molar-refractivity contribution in [3.8, 4) is 0 Å². The lowest BCUT2D eigenvalue weighted by Crippen LogP contribution is -2.51. The van der Waals surface area contributed by atoms with Crippen molar-refractivity contribution in [2.75, 3.05) is 59.5 Å². The molecular weight excluding hydrogens is 496 g/mol. The van der Waals surface area contributed by atoms with Crippen molar-refractivity contribution in [2.24, 2.45) is 4.99 Å². The largest absolute Gasteiger partial charge is 0.379 e. The van der Waals surface area contributed by atoms with Gasteiger partial charge in [0.1, 0.15) is 5.82 Å². The van der Waals surface area contributed by atoms with E-state index in [1.165, 1.54) is 13.0 Å². The van der Waals surface area contributed by atoms with Gasteiger partial charge in [0, 0.05) is 45.8 Å². The Bertz CT molecular complexity index is 631. The summed E-state index contributed by atoms with van der Waals surface area (Å²) >= 11 is 0. The highest BCUT2D eigenvalue weighted by atomic mass is 127. The quantitative estimate of drug-likeness (QED) is 0.321. The molecule has 8 heteroatoms. The molecule has 30 heavy (non-hydrogen) atoms. The van der Waals surface area contributed by atoms with Crippen LogP contribution in [0.5, 0.6) is 0 Å². The zero-order chi connectivity index (χ0) is 20.5. The van der Waals surface area contributed by atoms with Crippen LogP contribution in [0.15, 0.2) is 29.3 Å². The molecule has 0 saturated carbocycles. The summed E-state index contributed by atoms with van der Waals surface area (Å²) in [7, 11) is 1.82. The van der Waals surface area contributed by atoms with E-state index in [0.29, 0.717) is 6.04 Å². The Labute approximate surface area is 197 Å². The second-order valence-corrected chi connectivity index (χ2v) is 7.93. The third-order valence-corrected chi connectivity index (χ3v) is 5.90. The van der Waals surface area contributed by atoms with Crippen LogP contribution in [-0.2, 0) is 4.74 Å². The van der Waals surface area contributed by atoms with Gasteiger partial charge in [-0.1, -0.05) is 19.1 Å². The van der Waals surface area contributed by atoms with Crippen LogP contribution in [0, 0.1) is 5.82 Å². The van der Waals surface area contributed by atoms with Crippen molar-refractivity contribution >= 4 is 29.9 Å². The smallest absolute Gasteiger partial charge is 0.191 e. The minimum Gasteiger partial charge on any atom is -0.379 e. The highest BCUT2D eigenvalue weighted by Gasteiger charge is 2.24. The minimum absolute atomic E-state index is 0. The average Bonchev–Trinajstić information content (AvgIpc) is 2.76. The average molecular weight is 533 g/mol. The molecule has 0 spiro atoms. The number of nitrogens with zero attached hydrogens (tertiary/aromatic N) is 3. The Kier molecular flexibility index (Phi) is 11.3. The van der Waals surface area contributed by atoms with Crippen LogP contribution in [0.4, 0.5) is 4.39 Å². The topological polar surface area (TPSA) is 52.1 Å². The molecule has 0 amide bonds. The summed E-state index contributed by atoms with van der Waals surface area (Å²) in [5.41, 5.74) is 1.11. The first-order valence-corrected chi connectivity index (χ1v) is 11.0. The fourth-order valence-corrected chi connectivity index (χ4v) is 4.23. The molecule has 2 aliphatic heterocycles. The molecule has 1 aromatic rings. The Morgan fingerprint density at radius 2 is 1.83 bits per heavy atom. The van der Waals surface area contributed by atoms with E-state index in [2.05, 4.69) is 32.3 Å². The Balaban J connectivity index is 0.00000320. The first-order valence-electron chi connectivity index (χ1n) is 11.0. The van der Waals surface area contributed by atoms with Gasteiger partial charge in [0.05, 0.1) is 19.3 Å². The summed E-state index contributed by atoms with van der Waals surface area (Å²) in [5, 5.41) is 7.11. The minimum atomic E-state index is -0.200. The fraction of sp³-hybridized carbons (Fsp3) is 0.682. The van der Waals surface area contributed by atoms with Crippen LogP contribution in [-0.4, -0.2) is 81.3 Å². The van der Waals surface area contributed by atoms with Crippen molar-refractivity contribution in [3.05, 3.63) is 35.6 Å². The molecule has 1 unspecified atom stereocenters. The highest BCUT2D eigenvalue weighted by molar-refractivity contribution is 14.0. The molecule has 6 nitrogen and oxygen atoms in total. The molecule has 0 bridgehead atoms. The maximum Gasteiger partial charge on any atom is 0.191 e. The number of aliphatic imine (C=N–C) groups is 1. The van der Waals surface area contributed by atoms with E-state index in [0.717, 1.165) is 70.3 Å². The van der Waals surface area contributed by atoms with E-state index < -0.39 is 0 Å². The highest BCUT2D eigenvalue weighted by Crippen LogP contribution is 2.21. The zero-order valence-electron chi connectivity index (χ0n) is 18.3. The van der Waals surface area contributed by atoms with Crippen LogP contribution in [0.3, 0.4) is 0 Å². The SMILES string of the molecule is CCCN1CCC(NC(=NC)NCC(c2ccc(F)cc2)N2CCOCC2)CC1.I. The van der Waals surface area contributed by atoms with Crippen LogP contribution >= 0.6 is 24.0 Å². The standard InChI is InChI=1S/C22H36FN5O.HI/c1-3-10-27-11-8-20(9-12-27)26-22(24-2)25-17-21(28-13-15-29-16-14-28)18-4-6-19(23)7-5-18;/h4-7,20-21H,3,8-17H2,1-2H3,(H2,24,25,26);1H. The number of morpholine rings is 1. The Morgan fingerprint density at radius 1 is 1.17 bits per heavy atom. The second-order valence-electron chi connectivity index (χ2n) is 7.93. The van der Waals surface area contributed by atoms with Crippen LogP contribution in [0.1, 0.15) is 37.8 Å². The van der Waals surface area contributed by atoms with Gasteiger partial charge in [-0.05, 0) is 43.5 Å². The number of nitrogens with one attached hydrogen (secondary N) is 2. The maximum atomic E-state index is 13.4. The van der Waals surface area contributed by atoms with Gasteiger partial charge < -0.3 is 20.3 Å². The molecule has 2 N–H and O–H groups in total. The third-order valence-electron chi connectivity index (χ3n) is 5.90. The van der Waals surface area contributed by atoms with Crippen molar-refractivity contribution in [3.63, 3.8) is 0 Å². The Hall–Kier alpha value is -0.970. The van der Waals surface area contributed by atoms with Crippen molar-refractivity contribution < 1.29 is 9.13 Å². The molecule has 1 atom stereocenters. The van der Waals surface area contributed by atoms with E-state index >= 15 is 0 Å². The van der Waals surface area contributed by atoms with Gasteiger partial charge in [0.25, 0.3) is 0 Å². The number of likely N-dealkylation sites (tertiary alicyclic amines) is 1. The van der Waals surface area contributed by atoms with Gasteiger partial charge in [-0.2, -0.15) is 0 Å². The summed E-state index contributed by atoms with van der Waals surface area (Å²) in [6.45, 7) is 9.68. The first kappa shape index (κ1) is 25.3.